The molecule has 172 valence electrons. The molecule has 32 heavy (non-hydrogen) atoms. The van der Waals surface area contributed by atoms with Crippen LogP contribution in [0, 0.1) is 0 Å². The third-order valence-corrected chi connectivity index (χ3v) is 6.12. The van der Waals surface area contributed by atoms with E-state index in [1.807, 2.05) is 0 Å². The van der Waals surface area contributed by atoms with E-state index in [1.165, 1.54) is 41.6 Å². The Morgan fingerprint density at radius 2 is 1.84 bits per heavy atom. The van der Waals surface area contributed by atoms with Crippen LogP contribution in [0.5, 0.6) is 0 Å². The molecule has 2 aliphatic rings. The van der Waals surface area contributed by atoms with Crippen molar-refractivity contribution >= 4 is 29.1 Å². The molecule has 2 aromatic heterocycles. The lowest BCUT2D eigenvalue weighted by atomic mass is 10.0. The van der Waals surface area contributed by atoms with Crippen molar-refractivity contribution < 1.29 is 23.9 Å². The van der Waals surface area contributed by atoms with Crippen LogP contribution in [0.1, 0.15) is 12.8 Å². The summed E-state index contributed by atoms with van der Waals surface area (Å²) in [6.07, 6.45) is 1.78. The minimum atomic E-state index is -0.778. The van der Waals surface area contributed by atoms with Gasteiger partial charge < -0.3 is 18.9 Å². The molecule has 0 N–H and O–H groups in total. The number of piperidine rings is 1. The number of imidazole rings is 1. The van der Waals surface area contributed by atoms with Crippen LogP contribution < -0.4 is 11.2 Å². The number of hydrogen-bond acceptors (Lipinski definition) is 8. The van der Waals surface area contributed by atoms with E-state index in [2.05, 4.69) is 4.98 Å². The molecule has 2 aromatic rings. The van der Waals surface area contributed by atoms with Crippen molar-refractivity contribution in [1.29, 1.82) is 0 Å². The topological polar surface area (TPSA) is 138 Å². The minimum Gasteiger partial charge on any atom is -0.467 e. The Morgan fingerprint density at radius 1 is 1.16 bits per heavy atom. The molecule has 0 bridgehead atoms. The molecule has 0 unspecified atom stereocenters. The summed E-state index contributed by atoms with van der Waals surface area (Å²) in [6.45, 7) is 0.607. The van der Waals surface area contributed by atoms with Crippen LogP contribution in [-0.4, -0.2) is 85.3 Å². The molecule has 2 amide bonds. The number of carbonyl (C=O) groups is 3. The lowest BCUT2D eigenvalue weighted by molar-refractivity contribution is -0.146. The molecule has 2 aliphatic heterocycles. The number of nitrogens with zero attached hydrogens (tertiary/aromatic N) is 6. The zero-order valence-corrected chi connectivity index (χ0v) is 18.0. The molecule has 0 aliphatic carbocycles. The van der Waals surface area contributed by atoms with Gasteiger partial charge >= 0.3 is 17.8 Å². The summed E-state index contributed by atoms with van der Waals surface area (Å²) in [4.78, 5) is 68.7. The number of esters is 1. The lowest BCUT2D eigenvalue weighted by Crippen LogP contribution is -2.52. The van der Waals surface area contributed by atoms with Crippen LogP contribution in [0.15, 0.2) is 15.9 Å². The number of hydrogen-bond donors (Lipinski definition) is 0. The standard InChI is InChI=1S/C19H24N6O7/c1-21-15-14(16(27)22(2)18(21)29)24(10-20-15)8-13(26)23-6-4-11(5-7-23)25-12(17(28)31-3)9-32-19(25)30/h10-12H,4-9H2,1-3H3/t12-/m1/s1. The number of rotatable bonds is 4. The molecule has 0 aromatic carbocycles. The molecular weight excluding hydrogens is 424 g/mol. The fraction of sp³-hybridized carbons (Fsp3) is 0.579. The van der Waals surface area contributed by atoms with Gasteiger partial charge in [-0.2, -0.15) is 0 Å². The number of ether oxygens (including phenoxy) is 2. The van der Waals surface area contributed by atoms with Crippen molar-refractivity contribution in [3.05, 3.63) is 27.2 Å². The molecule has 13 heteroatoms. The van der Waals surface area contributed by atoms with Crippen molar-refractivity contribution in [2.75, 3.05) is 26.8 Å². The zero-order valence-electron chi connectivity index (χ0n) is 18.0. The van der Waals surface area contributed by atoms with E-state index < -0.39 is 29.4 Å². The Morgan fingerprint density at radius 3 is 2.50 bits per heavy atom. The molecule has 2 saturated heterocycles. The summed E-state index contributed by atoms with van der Waals surface area (Å²) in [7, 11) is 4.15. The van der Waals surface area contributed by atoms with Crippen LogP contribution >= 0.6 is 0 Å². The Balaban J connectivity index is 1.46. The van der Waals surface area contributed by atoms with Gasteiger partial charge in [0.25, 0.3) is 5.56 Å². The minimum absolute atomic E-state index is 0.0458. The summed E-state index contributed by atoms with van der Waals surface area (Å²) in [6, 6.07) is -1.02. The van der Waals surface area contributed by atoms with E-state index >= 15 is 0 Å². The van der Waals surface area contributed by atoms with Crippen LogP contribution in [-0.2, 0) is 39.7 Å². The predicted molar refractivity (Wildman–Crippen MR) is 109 cm³/mol. The predicted octanol–water partition coefficient (Wildman–Crippen LogP) is -1.58. The van der Waals surface area contributed by atoms with E-state index in [4.69, 9.17) is 9.47 Å². The largest absolute Gasteiger partial charge is 0.467 e. The highest BCUT2D eigenvalue weighted by atomic mass is 16.6. The zero-order chi connectivity index (χ0) is 23.2. The number of aryl methyl sites for hydroxylation is 1. The Hall–Kier alpha value is -3.64. The van der Waals surface area contributed by atoms with Gasteiger partial charge in [-0.05, 0) is 12.8 Å². The van der Waals surface area contributed by atoms with Crippen molar-refractivity contribution in [2.45, 2.75) is 31.5 Å². The van der Waals surface area contributed by atoms with E-state index in [9.17, 15) is 24.0 Å². The van der Waals surface area contributed by atoms with E-state index in [0.717, 1.165) is 4.57 Å². The molecular formula is C19H24N6O7. The highest BCUT2D eigenvalue weighted by Crippen LogP contribution is 2.25. The monoisotopic (exact) mass is 448 g/mol. The first kappa shape index (κ1) is 21.6. The van der Waals surface area contributed by atoms with Crippen LogP contribution in [0.2, 0.25) is 0 Å². The quantitative estimate of drug-likeness (QED) is 0.511. The number of carbonyl (C=O) groups excluding carboxylic acids is 3. The van der Waals surface area contributed by atoms with Crippen LogP contribution in [0.3, 0.4) is 0 Å². The number of likely N-dealkylation sites (tertiary alicyclic amines) is 1. The SMILES string of the molecule is COC(=O)[C@H]1COC(=O)N1C1CCN(C(=O)Cn2cnc3c2c(=O)n(C)c(=O)n3C)CC1. The van der Waals surface area contributed by atoms with Crippen molar-refractivity contribution in [3.63, 3.8) is 0 Å². The van der Waals surface area contributed by atoms with Gasteiger partial charge in [-0.3, -0.25) is 23.6 Å². The average Bonchev–Trinajstić information content (AvgIpc) is 3.39. The lowest BCUT2D eigenvalue weighted by Gasteiger charge is -2.37. The molecule has 0 saturated carbocycles. The van der Waals surface area contributed by atoms with Gasteiger partial charge in [-0.25, -0.2) is 19.4 Å². The first-order chi connectivity index (χ1) is 15.2. The van der Waals surface area contributed by atoms with Crippen molar-refractivity contribution in [3.8, 4) is 0 Å². The number of fused-ring (bicyclic) bond motifs is 1. The van der Waals surface area contributed by atoms with Gasteiger partial charge in [0.15, 0.2) is 17.2 Å². The molecule has 13 nitrogen and oxygen atoms in total. The Labute approximate surface area is 181 Å². The van der Waals surface area contributed by atoms with Crippen molar-refractivity contribution in [1.82, 2.24) is 28.5 Å². The van der Waals surface area contributed by atoms with Gasteiger partial charge in [0.05, 0.1) is 13.4 Å². The first-order valence-electron chi connectivity index (χ1n) is 10.2. The third kappa shape index (κ3) is 3.42. The summed E-state index contributed by atoms with van der Waals surface area (Å²) >= 11 is 0. The average molecular weight is 448 g/mol. The number of methoxy groups -OCH3 is 1. The van der Waals surface area contributed by atoms with E-state index in [1.54, 1.807) is 4.90 Å². The number of amides is 2. The van der Waals surface area contributed by atoms with Crippen LogP contribution in [0.25, 0.3) is 11.2 Å². The molecule has 2 fully saturated rings. The van der Waals surface area contributed by atoms with Crippen LogP contribution in [0.4, 0.5) is 4.79 Å². The summed E-state index contributed by atoms with van der Waals surface area (Å²) in [5, 5.41) is 0. The summed E-state index contributed by atoms with van der Waals surface area (Å²) < 4.78 is 13.5. The highest BCUT2D eigenvalue weighted by Gasteiger charge is 2.44. The second-order valence-electron chi connectivity index (χ2n) is 7.89. The molecule has 1 atom stereocenters. The van der Waals surface area contributed by atoms with Gasteiger partial charge in [0.2, 0.25) is 5.91 Å². The summed E-state index contributed by atoms with van der Waals surface area (Å²) in [5.41, 5.74) is -0.620. The number of cyclic esters (lactones) is 1. The summed E-state index contributed by atoms with van der Waals surface area (Å²) in [5.74, 6) is -0.746. The van der Waals surface area contributed by atoms with Gasteiger partial charge in [0.1, 0.15) is 13.2 Å². The Kier molecular flexibility index (Phi) is 5.48. The normalized spacial score (nSPS) is 19.5. The van der Waals surface area contributed by atoms with E-state index in [0.29, 0.717) is 25.9 Å². The van der Waals surface area contributed by atoms with Gasteiger partial charge in [-0.15, -0.1) is 0 Å². The molecule has 0 spiro atoms. The van der Waals surface area contributed by atoms with Gasteiger partial charge in [-0.1, -0.05) is 0 Å². The van der Waals surface area contributed by atoms with E-state index in [-0.39, 0.29) is 36.3 Å². The first-order valence-corrected chi connectivity index (χ1v) is 10.2. The smallest absolute Gasteiger partial charge is 0.410 e. The molecule has 0 radical (unpaired) electrons. The maximum Gasteiger partial charge on any atom is 0.410 e. The maximum absolute atomic E-state index is 12.9. The fourth-order valence-corrected chi connectivity index (χ4v) is 4.31. The third-order valence-electron chi connectivity index (χ3n) is 6.12. The number of aromatic nitrogens is 4. The second-order valence-corrected chi connectivity index (χ2v) is 7.89. The van der Waals surface area contributed by atoms with Crippen molar-refractivity contribution in [2.24, 2.45) is 14.1 Å². The highest BCUT2D eigenvalue weighted by molar-refractivity contribution is 5.84. The molecule has 4 rings (SSSR count). The van der Waals surface area contributed by atoms with Gasteiger partial charge in [0, 0.05) is 33.2 Å². The fourth-order valence-electron chi connectivity index (χ4n) is 4.31. The Bertz CT molecular complexity index is 1200. The maximum atomic E-state index is 12.9. The molecule has 4 heterocycles. The second kappa shape index (κ2) is 8.13.